The fourth-order valence-corrected chi connectivity index (χ4v) is 4.56. The molecule has 3 nitrogen and oxygen atoms in total. The highest BCUT2D eigenvalue weighted by Crippen LogP contribution is 2.19. The predicted octanol–water partition coefficient (Wildman–Crippen LogP) is 5.38. The quantitative estimate of drug-likeness (QED) is 0.422. The zero-order valence-electron chi connectivity index (χ0n) is 14.4. The third kappa shape index (κ3) is 3.89. The molecule has 3 heterocycles. The Morgan fingerprint density at radius 3 is 2.23 bits per heavy atom. The van der Waals surface area contributed by atoms with Gasteiger partial charge in [-0.1, -0.05) is 30.3 Å². The minimum atomic E-state index is 0.199. The van der Waals surface area contributed by atoms with E-state index in [1.54, 1.807) is 22.7 Å². The molecule has 0 aliphatic carbocycles. The molecule has 3 aromatic heterocycles. The van der Waals surface area contributed by atoms with E-state index in [4.69, 9.17) is 0 Å². The number of aromatic nitrogens is 1. The van der Waals surface area contributed by atoms with E-state index in [0.29, 0.717) is 26.1 Å². The van der Waals surface area contributed by atoms with Crippen LogP contribution in [0.5, 0.6) is 0 Å². The highest BCUT2D eigenvalue weighted by molar-refractivity contribution is 7.10. The van der Waals surface area contributed by atoms with Crippen LogP contribution < -0.4 is 0 Å². The van der Waals surface area contributed by atoms with Crippen molar-refractivity contribution >= 4 is 39.5 Å². The van der Waals surface area contributed by atoms with Crippen LogP contribution >= 0.6 is 22.7 Å². The summed E-state index contributed by atoms with van der Waals surface area (Å²) in [6.45, 7) is 2.07. The molecule has 0 aliphatic rings. The molecule has 0 atom stereocenters. The molecule has 26 heavy (non-hydrogen) atoms. The monoisotopic (exact) mass is 380 g/mol. The number of carbonyl (C=O) groups is 1. The lowest BCUT2D eigenvalue weighted by Gasteiger charge is -2.22. The van der Waals surface area contributed by atoms with Gasteiger partial charge in [-0.2, -0.15) is 0 Å². The van der Waals surface area contributed by atoms with Crippen LogP contribution in [0.3, 0.4) is 0 Å². The first-order chi connectivity index (χ1) is 12.8. The van der Waals surface area contributed by atoms with Crippen molar-refractivity contribution in [3.63, 3.8) is 0 Å². The minimum absolute atomic E-state index is 0.199. The van der Waals surface area contributed by atoms with Gasteiger partial charge in [0, 0.05) is 34.4 Å². The van der Waals surface area contributed by atoms with Crippen molar-refractivity contribution < 1.29 is 4.79 Å². The van der Waals surface area contributed by atoms with Crippen LogP contribution in [0, 0.1) is 0 Å². The lowest BCUT2D eigenvalue weighted by atomic mass is 10.2. The summed E-state index contributed by atoms with van der Waals surface area (Å²) in [6, 6.07) is 18.7. The summed E-state index contributed by atoms with van der Waals surface area (Å²) in [7, 11) is 0. The number of carbonyl (C=O) groups excluding carboxylic acids is 1. The van der Waals surface area contributed by atoms with Gasteiger partial charge in [-0.05, 0) is 40.4 Å². The minimum Gasteiger partial charge on any atom is -0.347 e. The molecule has 1 aromatic carbocycles. The summed E-state index contributed by atoms with van der Waals surface area (Å²) in [5.41, 5.74) is 1.18. The molecule has 4 aromatic rings. The van der Waals surface area contributed by atoms with E-state index in [1.165, 1.54) is 20.7 Å². The Morgan fingerprint density at radius 2 is 1.58 bits per heavy atom. The van der Waals surface area contributed by atoms with Crippen molar-refractivity contribution in [1.29, 1.82) is 0 Å². The standard InChI is InChI=1S/C21H20N2OS2/c24-21(10-12-22-11-9-17-5-1-2-8-20(17)22)23(15-18-6-3-13-25-18)16-19-7-4-14-26-19/h1-9,11,13-14H,10,12,15-16H2. The van der Waals surface area contributed by atoms with Gasteiger partial charge in [0.15, 0.2) is 0 Å². The summed E-state index contributed by atoms with van der Waals surface area (Å²) in [4.78, 5) is 17.4. The zero-order chi connectivity index (χ0) is 17.8. The molecule has 0 bridgehead atoms. The van der Waals surface area contributed by atoms with E-state index >= 15 is 0 Å². The first kappa shape index (κ1) is 17.1. The van der Waals surface area contributed by atoms with Crippen LogP contribution in [0.2, 0.25) is 0 Å². The molecular formula is C21H20N2OS2. The summed E-state index contributed by atoms with van der Waals surface area (Å²) in [6.07, 6.45) is 2.58. The van der Waals surface area contributed by atoms with Crippen LogP contribution in [0.4, 0.5) is 0 Å². The Morgan fingerprint density at radius 1 is 0.885 bits per heavy atom. The van der Waals surface area contributed by atoms with Gasteiger partial charge in [-0.15, -0.1) is 22.7 Å². The molecule has 1 amide bonds. The highest BCUT2D eigenvalue weighted by atomic mass is 32.1. The van der Waals surface area contributed by atoms with Crippen LogP contribution in [0.15, 0.2) is 71.6 Å². The van der Waals surface area contributed by atoms with Crippen molar-refractivity contribution in [2.24, 2.45) is 0 Å². The SMILES string of the molecule is O=C(CCn1ccc2ccccc21)N(Cc1cccs1)Cc1cccs1. The number of fused-ring (bicyclic) bond motifs is 1. The first-order valence-electron chi connectivity index (χ1n) is 8.66. The lowest BCUT2D eigenvalue weighted by Crippen LogP contribution is -2.30. The average Bonchev–Trinajstić information content (AvgIpc) is 3.41. The van der Waals surface area contributed by atoms with E-state index < -0.39 is 0 Å². The highest BCUT2D eigenvalue weighted by Gasteiger charge is 2.16. The first-order valence-corrected chi connectivity index (χ1v) is 10.4. The molecule has 0 saturated carbocycles. The van der Waals surface area contributed by atoms with E-state index in [9.17, 15) is 4.79 Å². The van der Waals surface area contributed by atoms with Gasteiger partial charge in [-0.25, -0.2) is 0 Å². The smallest absolute Gasteiger partial charge is 0.225 e. The molecule has 0 saturated heterocycles. The number of benzene rings is 1. The molecule has 5 heteroatoms. The van der Waals surface area contributed by atoms with Crippen molar-refractivity contribution in [2.45, 2.75) is 26.1 Å². The van der Waals surface area contributed by atoms with Gasteiger partial charge >= 0.3 is 0 Å². The molecule has 0 N–H and O–H groups in total. The Kier molecular flexibility index (Phi) is 5.18. The fourth-order valence-electron chi connectivity index (χ4n) is 3.12. The summed E-state index contributed by atoms with van der Waals surface area (Å²) < 4.78 is 2.17. The lowest BCUT2D eigenvalue weighted by molar-refractivity contribution is -0.132. The van der Waals surface area contributed by atoms with E-state index in [-0.39, 0.29) is 5.91 Å². The molecule has 0 radical (unpaired) electrons. The van der Waals surface area contributed by atoms with Crippen molar-refractivity contribution in [2.75, 3.05) is 0 Å². The summed E-state index contributed by atoms with van der Waals surface area (Å²) in [5, 5.41) is 5.35. The Labute approximate surface area is 161 Å². The third-order valence-corrected chi connectivity index (χ3v) is 6.18. The molecule has 0 aliphatic heterocycles. The number of para-hydroxylation sites is 1. The zero-order valence-corrected chi connectivity index (χ0v) is 16.0. The predicted molar refractivity (Wildman–Crippen MR) is 109 cm³/mol. The van der Waals surface area contributed by atoms with Crippen molar-refractivity contribution in [1.82, 2.24) is 9.47 Å². The topological polar surface area (TPSA) is 25.2 Å². The number of hydrogen-bond acceptors (Lipinski definition) is 3. The number of aryl methyl sites for hydroxylation is 1. The van der Waals surface area contributed by atoms with Crippen molar-refractivity contribution in [3.8, 4) is 0 Å². The van der Waals surface area contributed by atoms with Crippen LogP contribution in [0.1, 0.15) is 16.2 Å². The summed E-state index contributed by atoms with van der Waals surface area (Å²) in [5.74, 6) is 0.199. The number of thiophene rings is 2. The Balaban J connectivity index is 1.46. The number of nitrogens with zero attached hydrogens (tertiary/aromatic N) is 2. The van der Waals surface area contributed by atoms with E-state index in [1.807, 2.05) is 29.2 Å². The molecular weight excluding hydrogens is 360 g/mol. The summed E-state index contributed by atoms with van der Waals surface area (Å²) >= 11 is 3.41. The van der Waals surface area contributed by atoms with E-state index in [0.717, 1.165) is 0 Å². The largest absolute Gasteiger partial charge is 0.347 e. The number of amides is 1. The van der Waals surface area contributed by atoms with Crippen molar-refractivity contribution in [3.05, 3.63) is 81.3 Å². The van der Waals surface area contributed by atoms with Gasteiger partial charge in [0.2, 0.25) is 5.91 Å². The second kappa shape index (κ2) is 7.89. The van der Waals surface area contributed by atoms with Crippen LogP contribution in [-0.4, -0.2) is 15.4 Å². The second-order valence-electron chi connectivity index (χ2n) is 6.23. The average molecular weight is 381 g/mol. The molecule has 4 rings (SSSR count). The maximum absolute atomic E-state index is 12.9. The molecule has 0 spiro atoms. The van der Waals surface area contributed by atoms with Gasteiger partial charge < -0.3 is 9.47 Å². The Hall–Kier alpha value is -2.37. The Bertz CT molecular complexity index is 934. The molecule has 0 fully saturated rings. The van der Waals surface area contributed by atoms with Crippen LogP contribution in [-0.2, 0) is 24.4 Å². The van der Waals surface area contributed by atoms with Gasteiger partial charge in [0.25, 0.3) is 0 Å². The second-order valence-corrected chi connectivity index (χ2v) is 8.29. The molecule has 0 unspecified atom stereocenters. The third-order valence-electron chi connectivity index (χ3n) is 4.45. The van der Waals surface area contributed by atoms with Crippen LogP contribution in [0.25, 0.3) is 10.9 Å². The number of rotatable bonds is 7. The normalized spacial score (nSPS) is 11.1. The van der Waals surface area contributed by atoms with Gasteiger partial charge in [0.1, 0.15) is 0 Å². The maximum Gasteiger partial charge on any atom is 0.225 e. The van der Waals surface area contributed by atoms with Gasteiger partial charge in [0.05, 0.1) is 13.1 Å². The molecule has 132 valence electrons. The van der Waals surface area contributed by atoms with Gasteiger partial charge in [-0.3, -0.25) is 4.79 Å². The maximum atomic E-state index is 12.9. The fraction of sp³-hybridized carbons (Fsp3) is 0.190. The number of hydrogen-bond donors (Lipinski definition) is 0. The van der Waals surface area contributed by atoms with E-state index in [2.05, 4.69) is 51.9 Å².